The van der Waals surface area contributed by atoms with Gasteiger partial charge in [0.2, 0.25) is 0 Å². The molecule has 0 spiro atoms. The van der Waals surface area contributed by atoms with Crippen molar-refractivity contribution in [3.05, 3.63) is 87.4 Å². The van der Waals surface area contributed by atoms with Crippen LogP contribution in [0.15, 0.2) is 71.2 Å². The zero-order valence-corrected chi connectivity index (χ0v) is 21.8. The summed E-state index contributed by atoms with van der Waals surface area (Å²) in [5, 5.41) is 3.44. The standard InChI is InChI=1S/C27H27BrClN3O3/c1-2-16-35-23-9-6-19(7-10-23)27(34)32-14-12-31(13-15-32)25-11-8-22(18-24(25)29)30-26(33)20-4-3-5-21(28)17-20/h3-11,17-18H,2,12-16H2,1H3,(H,30,33). The quantitative estimate of drug-likeness (QED) is 0.382. The highest BCUT2D eigenvalue weighted by Crippen LogP contribution is 2.30. The zero-order chi connectivity index (χ0) is 24.8. The van der Waals surface area contributed by atoms with Crippen LogP contribution in [-0.2, 0) is 0 Å². The van der Waals surface area contributed by atoms with Crippen LogP contribution in [0.5, 0.6) is 5.75 Å². The fourth-order valence-electron chi connectivity index (χ4n) is 3.92. The number of carbonyl (C=O) groups excluding carboxylic acids is 2. The first-order chi connectivity index (χ1) is 16.9. The summed E-state index contributed by atoms with van der Waals surface area (Å²) in [7, 11) is 0. The molecule has 6 nitrogen and oxygen atoms in total. The molecule has 35 heavy (non-hydrogen) atoms. The van der Waals surface area contributed by atoms with E-state index in [-0.39, 0.29) is 11.8 Å². The summed E-state index contributed by atoms with van der Waals surface area (Å²) in [6, 6.07) is 20.0. The van der Waals surface area contributed by atoms with Gasteiger partial charge in [-0.2, -0.15) is 0 Å². The molecule has 0 aromatic heterocycles. The summed E-state index contributed by atoms with van der Waals surface area (Å²) in [6.45, 7) is 5.27. The molecule has 0 saturated carbocycles. The first-order valence-corrected chi connectivity index (χ1v) is 12.7. The summed E-state index contributed by atoms with van der Waals surface area (Å²) in [5.74, 6) is 0.592. The van der Waals surface area contributed by atoms with Crippen molar-refractivity contribution in [3.63, 3.8) is 0 Å². The molecule has 2 amide bonds. The predicted octanol–water partition coefficient (Wildman–Crippen LogP) is 6.11. The lowest BCUT2D eigenvalue weighted by molar-refractivity contribution is 0.0746. The SMILES string of the molecule is CCCOc1ccc(C(=O)N2CCN(c3ccc(NC(=O)c4cccc(Br)c4)cc3Cl)CC2)cc1. The number of benzene rings is 3. The van der Waals surface area contributed by atoms with Crippen molar-refractivity contribution in [1.82, 2.24) is 4.90 Å². The van der Waals surface area contributed by atoms with Gasteiger partial charge in [0, 0.05) is 47.5 Å². The van der Waals surface area contributed by atoms with Crippen LogP contribution >= 0.6 is 27.5 Å². The Morgan fingerprint density at radius 2 is 1.71 bits per heavy atom. The molecule has 1 aliphatic rings. The lowest BCUT2D eigenvalue weighted by Crippen LogP contribution is -2.48. The van der Waals surface area contributed by atoms with E-state index in [2.05, 4.69) is 33.1 Å². The number of carbonyl (C=O) groups is 2. The van der Waals surface area contributed by atoms with E-state index < -0.39 is 0 Å². The lowest BCUT2D eigenvalue weighted by atomic mass is 10.1. The largest absolute Gasteiger partial charge is 0.494 e. The van der Waals surface area contributed by atoms with Gasteiger partial charge in [-0.05, 0) is 67.1 Å². The Balaban J connectivity index is 1.34. The maximum Gasteiger partial charge on any atom is 0.255 e. The number of nitrogens with one attached hydrogen (secondary N) is 1. The normalized spacial score (nSPS) is 13.5. The van der Waals surface area contributed by atoms with Gasteiger partial charge in [0.25, 0.3) is 11.8 Å². The molecule has 3 aromatic carbocycles. The topological polar surface area (TPSA) is 61.9 Å². The van der Waals surface area contributed by atoms with E-state index in [1.807, 2.05) is 53.4 Å². The van der Waals surface area contributed by atoms with Crippen LogP contribution in [0.4, 0.5) is 11.4 Å². The van der Waals surface area contributed by atoms with Crippen LogP contribution in [0.25, 0.3) is 0 Å². The fraction of sp³-hybridized carbons (Fsp3) is 0.259. The summed E-state index contributed by atoms with van der Waals surface area (Å²) in [5.41, 5.74) is 2.73. The molecule has 1 saturated heterocycles. The van der Waals surface area contributed by atoms with E-state index in [0.29, 0.717) is 54.6 Å². The van der Waals surface area contributed by atoms with Crippen LogP contribution in [0.3, 0.4) is 0 Å². The van der Waals surface area contributed by atoms with E-state index in [9.17, 15) is 9.59 Å². The minimum Gasteiger partial charge on any atom is -0.494 e. The van der Waals surface area contributed by atoms with Gasteiger partial charge in [-0.15, -0.1) is 0 Å². The molecule has 0 atom stereocenters. The first kappa shape index (κ1) is 25.1. The second kappa shape index (κ2) is 11.6. The van der Waals surface area contributed by atoms with Gasteiger partial charge >= 0.3 is 0 Å². The van der Waals surface area contributed by atoms with Gasteiger partial charge in [-0.3, -0.25) is 9.59 Å². The summed E-state index contributed by atoms with van der Waals surface area (Å²) in [6.07, 6.45) is 0.943. The van der Waals surface area contributed by atoms with E-state index in [4.69, 9.17) is 16.3 Å². The monoisotopic (exact) mass is 555 g/mol. The lowest BCUT2D eigenvalue weighted by Gasteiger charge is -2.36. The molecule has 1 heterocycles. The third-order valence-electron chi connectivity index (χ3n) is 5.77. The Kier molecular flexibility index (Phi) is 8.31. The number of ether oxygens (including phenoxy) is 1. The highest BCUT2D eigenvalue weighted by Gasteiger charge is 2.23. The number of halogens is 2. The fourth-order valence-corrected chi connectivity index (χ4v) is 4.62. The van der Waals surface area contributed by atoms with E-state index >= 15 is 0 Å². The second-order valence-corrected chi connectivity index (χ2v) is 9.61. The van der Waals surface area contributed by atoms with Crippen molar-refractivity contribution in [2.24, 2.45) is 0 Å². The van der Waals surface area contributed by atoms with Crippen molar-refractivity contribution in [3.8, 4) is 5.75 Å². The van der Waals surface area contributed by atoms with E-state index in [1.54, 1.807) is 18.2 Å². The number of amides is 2. The van der Waals surface area contributed by atoms with Crippen molar-refractivity contribution in [2.45, 2.75) is 13.3 Å². The Bertz CT molecular complexity index is 1190. The molecular formula is C27H27BrClN3O3. The van der Waals surface area contributed by atoms with E-state index in [0.717, 1.165) is 22.3 Å². The molecule has 3 aromatic rings. The van der Waals surface area contributed by atoms with Crippen molar-refractivity contribution in [2.75, 3.05) is 43.0 Å². The average molecular weight is 557 g/mol. The number of nitrogens with zero attached hydrogens (tertiary/aromatic N) is 2. The molecule has 0 aliphatic carbocycles. The van der Waals surface area contributed by atoms with Crippen molar-refractivity contribution >= 4 is 50.7 Å². The molecule has 1 fully saturated rings. The highest BCUT2D eigenvalue weighted by atomic mass is 79.9. The molecule has 182 valence electrons. The molecule has 0 bridgehead atoms. The molecule has 8 heteroatoms. The van der Waals surface area contributed by atoms with Crippen molar-refractivity contribution in [1.29, 1.82) is 0 Å². The van der Waals surface area contributed by atoms with Gasteiger partial charge < -0.3 is 19.9 Å². The maximum atomic E-state index is 12.9. The Labute approximate surface area is 219 Å². The van der Waals surface area contributed by atoms with Gasteiger partial charge in [0.15, 0.2) is 0 Å². The molecule has 0 radical (unpaired) electrons. The number of anilines is 2. The second-order valence-electron chi connectivity index (χ2n) is 8.28. The van der Waals surface area contributed by atoms with Crippen LogP contribution in [0.1, 0.15) is 34.1 Å². The summed E-state index contributed by atoms with van der Waals surface area (Å²) < 4.78 is 6.44. The van der Waals surface area contributed by atoms with Crippen LogP contribution in [0.2, 0.25) is 5.02 Å². The number of hydrogen-bond donors (Lipinski definition) is 1. The Morgan fingerprint density at radius 1 is 0.971 bits per heavy atom. The van der Waals surface area contributed by atoms with Gasteiger partial charge in [-0.1, -0.05) is 40.5 Å². The van der Waals surface area contributed by atoms with Gasteiger partial charge in [0.1, 0.15) is 5.75 Å². The molecular weight excluding hydrogens is 530 g/mol. The van der Waals surface area contributed by atoms with Crippen molar-refractivity contribution < 1.29 is 14.3 Å². The minimum absolute atomic E-state index is 0.0170. The summed E-state index contributed by atoms with van der Waals surface area (Å²) in [4.78, 5) is 29.5. The number of piperazine rings is 1. The Hall–Kier alpha value is -3.03. The summed E-state index contributed by atoms with van der Waals surface area (Å²) >= 11 is 9.95. The van der Waals surface area contributed by atoms with E-state index in [1.165, 1.54) is 0 Å². The molecule has 4 rings (SSSR count). The highest BCUT2D eigenvalue weighted by molar-refractivity contribution is 9.10. The number of hydrogen-bond acceptors (Lipinski definition) is 4. The first-order valence-electron chi connectivity index (χ1n) is 11.6. The van der Waals surface area contributed by atoms with Crippen LogP contribution < -0.4 is 15.0 Å². The number of rotatable bonds is 7. The Morgan fingerprint density at radius 3 is 2.37 bits per heavy atom. The third kappa shape index (κ3) is 6.35. The molecule has 1 aliphatic heterocycles. The third-order valence-corrected chi connectivity index (χ3v) is 6.57. The van der Waals surface area contributed by atoms with Crippen LogP contribution in [-0.4, -0.2) is 49.5 Å². The van der Waals surface area contributed by atoms with Gasteiger partial charge in [0.05, 0.1) is 17.3 Å². The molecule has 1 N–H and O–H groups in total. The smallest absolute Gasteiger partial charge is 0.255 e. The average Bonchev–Trinajstić information content (AvgIpc) is 2.87. The maximum absolute atomic E-state index is 12.9. The zero-order valence-electron chi connectivity index (χ0n) is 19.5. The van der Waals surface area contributed by atoms with Gasteiger partial charge in [-0.25, -0.2) is 0 Å². The molecule has 0 unspecified atom stereocenters. The van der Waals surface area contributed by atoms with Crippen LogP contribution in [0, 0.1) is 0 Å². The minimum atomic E-state index is -0.202. The predicted molar refractivity (Wildman–Crippen MR) is 144 cm³/mol.